The monoisotopic (exact) mass is 347 g/mol. The summed E-state index contributed by atoms with van der Waals surface area (Å²) in [5.74, 6) is 0. The van der Waals surface area contributed by atoms with E-state index in [1.54, 1.807) is 0 Å². The highest BCUT2D eigenvalue weighted by Crippen LogP contribution is 2.26. The number of aromatic nitrogens is 3. The Bertz CT molecular complexity index is 853. The summed E-state index contributed by atoms with van der Waals surface area (Å²) in [6, 6.07) is 6.29. The van der Waals surface area contributed by atoms with E-state index in [-0.39, 0.29) is 0 Å². The summed E-state index contributed by atoms with van der Waals surface area (Å²) < 4.78 is 3.78. The SMILES string of the molecule is Cc1cnc2c(c1)[nH]c(=S)n2-c1cc(C)c(Br)c(C)c1. The molecule has 0 aliphatic heterocycles. The van der Waals surface area contributed by atoms with Gasteiger partial charge in [0.25, 0.3) is 0 Å². The predicted octanol–water partition coefficient (Wildman–Crippen LogP) is 4.77. The number of rotatable bonds is 1. The third-order valence-electron chi connectivity index (χ3n) is 3.34. The molecule has 0 fully saturated rings. The zero-order valence-corrected chi connectivity index (χ0v) is 13.9. The highest BCUT2D eigenvalue weighted by Gasteiger charge is 2.10. The van der Waals surface area contributed by atoms with Gasteiger partial charge in [0.1, 0.15) is 0 Å². The zero-order chi connectivity index (χ0) is 14.4. The first-order valence-corrected chi connectivity index (χ1v) is 7.52. The van der Waals surface area contributed by atoms with Crippen LogP contribution in [0.2, 0.25) is 0 Å². The van der Waals surface area contributed by atoms with Gasteiger partial charge in [-0.2, -0.15) is 0 Å². The Labute approximate surface area is 130 Å². The second-order valence-corrected chi connectivity index (χ2v) is 6.22. The summed E-state index contributed by atoms with van der Waals surface area (Å²) in [6.45, 7) is 6.18. The number of nitrogens with zero attached hydrogens (tertiary/aromatic N) is 2. The van der Waals surface area contributed by atoms with Crippen molar-refractivity contribution < 1.29 is 0 Å². The lowest BCUT2D eigenvalue weighted by atomic mass is 10.1. The summed E-state index contributed by atoms with van der Waals surface area (Å²) in [7, 11) is 0. The molecule has 3 nitrogen and oxygen atoms in total. The second-order valence-electron chi connectivity index (χ2n) is 5.04. The zero-order valence-electron chi connectivity index (χ0n) is 11.5. The van der Waals surface area contributed by atoms with E-state index < -0.39 is 0 Å². The smallest absolute Gasteiger partial charge is 0.183 e. The molecule has 1 N–H and O–H groups in total. The number of hydrogen-bond donors (Lipinski definition) is 1. The van der Waals surface area contributed by atoms with Crippen molar-refractivity contribution in [2.75, 3.05) is 0 Å². The minimum absolute atomic E-state index is 0.666. The summed E-state index contributed by atoms with van der Waals surface area (Å²) in [5.41, 5.74) is 6.35. The van der Waals surface area contributed by atoms with Crippen molar-refractivity contribution in [3.63, 3.8) is 0 Å². The lowest BCUT2D eigenvalue weighted by Gasteiger charge is -2.09. The third-order valence-corrected chi connectivity index (χ3v) is 4.87. The van der Waals surface area contributed by atoms with Crippen LogP contribution in [0, 0.1) is 25.5 Å². The Balaban J connectivity index is 2.35. The standard InChI is InChI=1S/C15H14BrN3S/c1-8-4-12-14(17-7-8)19(15(20)18-12)11-5-9(2)13(16)10(3)6-11/h4-7H,1-3H3,(H,18,20). The molecule has 20 heavy (non-hydrogen) atoms. The minimum atomic E-state index is 0.666. The molecular formula is C15H14BrN3S. The molecule has 102 valence electrons. The predicted molar refractivity (Wildman–Crippen MR) is 88.2 cm³/mol. The van der Waals surface area contributed by atoms with Crippen LogP contribution in [-0.2, 0) is 0 Å². The van der Waals surface area contributed by atoms with Gasteiger partial charge in [0.05, 0.1) is 11.2 Å². The van der Waals surface area contributed by atoms with Gasteiger partial charge in [-0.05, 0) is 67.9 Å². The van der Waals surface area contributed by atoms with Crippen LogP contribution >= 0.6 is 28.1 Å². The van der Waals surface area contributed by atoms with Gasteiger partial charge in [0, 0.05) is 10.7 Å². The molecule has 0 aliphatic carbocycles. The van der Waals surface area contributed by atoms with Crippen LogP contribution in [-0.4, -0.2) is 14.5 Å². The molecule has 0 bridgehead atoms. The number of H-pyrrole nitrogens is 1. The van der Waals surface area contributed by atoms with Gasteiger partial charge in [-0.15, -0.1) is 0 Å². The molecule has 2 aromatic heterocycles. The van der Waals surface area contributed by atoms with Crippen LogP contribution in [0.5, 0.6) is 0 Å². The van der Waals surface area contributed by atoms with Crippen molar-refractivity contribution in [3.8, 4) is 5.69 Å². The van der Waals surface area contributed by atoms with Crippen molar-refractivity contribution in [2.45, 2.75) is 20.8 Å². The molecule has 0 saturated heterocycles. The third kappa shape index (κ3) is 2.11. The summed E-state index contributed by atoms with van der Waals surface area (Å²) in [5, 5.41) is 0. The molecule has 3 rings (SSSR count). The van der Waals surface area contributed by atoms with E-state index >= 15 is 0 Å². The highest BCUT2D eigenvalue weighted by atomic mass is 79.9. The first-order valence-electron chi connectivity index (χ1n) is 6.32. The number of fused-ring (bicyclic) bond motifs is 1. The van der Waals surface area contributed by atoms with E-state index in [0.29, 0.717) is 4.77 Å². The van der Waals surface area contributed by atoms with Crippen LogP contribution in [0.15, 0.2) is 28.9 Å². The van der Waals surface area contributed by atoms with Gasteiger partial charge in [0.15, 0.2) is 10.4 Å². The summed E-state index contributed by atoms with van der Waals surface area (Å²) in [4.78, 5) is 7.74. The number of pyridine rings is 1. The van der Waals surface area contributed by atoms with E-state index in [2.05, 4.69) is 57.9 Å². The average molecular weight is 348 g/mol. The maximum Gasteiger partial charge on any atom is 0.183 e. The Hall–Kier alpha value is -1.46. The Kier molecular flexibility index (Phi) is 3.26. The van der Waals surface area contributed by atoms with Gasteiger partial charge >= 0.3 is 0 Å². The first-order chi connectivity index (χ1) is 9.47. The van der Waals surface area contributed by atoms with Crippen molar-refractivity contribution >= 4 is 39.3 Å². The van der Waals surface area contributed by atoms with Gasteiger partial charge in [-0.1, -0.05) is 15.9 Å². The minimum Gasteiger partial charge on any atom is -0.329 e. The summed E-state index contributed by atoms with van der Waals surface area (Å²) >= 11 is 9.05. The molecule has 0 saturated carbocycles. The summed E-state index contributed by atoms with van der Waals surface area (Å²) in [6.07, 6.45) is 1.86. The van der Waals surface area contributed by atoms with Crippen LogP contribution in [0.3, 0.4) is 0 Å². The fraction of sp³-hybridized carbons (Fsp3) is 0.200. The quantitative estimate of drug-likeness (QED) is 0.643. The maximum absolute atomic E-state index is 5.45. The lowest BCUT2D eigenvalue weighted by molar-refractivity contribution is 1.03. The van der Waals surface area contributed by atoms with Crippen molar-refractivity contribution in [2.24, 2.45) is 0 Å². The Morgan fingerprint density at radius 1 is 1.15 bits per heavy atom. The molecule has 2 heterocycles. The van der Waals surface area contributed by atoms with Crippen LogP contribution in [0.4, 0.5) is 0 Å². The fourth-order valence-electron chi connectivity index (χ4n) is 2.39. The number of hydrogen-bond acceptors (Lipinski definition) is 2. The number of benzene rings is 1. The molecule has 1 aromatic carbocycles. The van der Waals surface area contributed by atoms with E-state index in [1.165, 1.54) is 11.1 Å². The largest absolute Gasteiger partial charge is 0.329 e. The van der Waals surface area contributed by atoms with Gasteiger partial charge < -0.3 is 4.98 Å². The number of aryl methyl sites for hydroxylation is 3. The highest BCUT2D eigenvalue weighted by molar-refractivity contribution is 9.10. The van der Waals surface area contributed by atoms with Crippen LogP contribution in [0.1, 0.15) is 16.7 Å². The van der Waals surface area contributed by atoms with Crippen molar-refractivity contribution in [3.05, 3.63) is 50.3 Å². The van der Waals surface area contributed by atoms with Crippen molar-refractivity contribution in [1.29, 1.82) is 0 Å². The molecule has 0 atom stereocenters. The average Bonchev–Trinajstić information content (AvgIpc) is 2.70. The molecule has 0 aliphatic rings. The molecule has 0 unspecified atom stereocenters. The van der Waals surface area contributed by atoms with E-state index in [0.717, 1.165) is 26.9 Å². The molecule has 0 radical (unpaired) electrons. The lowest BCUT2D eigenvalue weighted by Crippen LogP contribution is -1.98. The van der Waals surface area contributed by atoms with E-state index in [9.17, 15) is 0 Å². The van der Waals surface area contributed by atoms with Crippen molar-refractivity contribution in [1.82, 2.24) is 14.5 Å². The second kappa shape index (κ2) is 4.82. The van der Waals surface area contributed by atoms with Gasteiger partial charge in [-0.3, -0.25) is 4.57 Å². The molecule has 5 heteroatoms. The number of nitrogens with one attached hydrogen (secondary N) is 1. The number of halogens is 1. The topological polar surface area (TPSA) is 33.6 Å². The number of imidazole rings is 1. The molecule has 0 amide bonds. The normalized spacial score (nSPS) is 11.2. The number of aromatic amines is 1. The Morgan fingerprint density at radius 2 is 1.80 bits per heavy atom. The fourth-order valence-corrected chi connectivity index (χ4v) is 2.92. The van der Waals surface area contributed by atoms with Gasteiger partial charge in [0.2, 0.25) is 0 Å². The van der Waals surface area contributed by atoms with Crippen LogP contribution in [0.25, 0.3) is 16.9 Å². The first kappa shape index (κ1) is 13.5. The van der Waals surface area contributed by atoms with Gasteiger partial charge in [-0.25, -0.2) is 4.98 Å². The maximum atomic E-state index is 5.45. The molecule has 3 aromatic rings. The van der Waals surface area contributed by atoms with E-state index in [1.807, 2.05) is 17.7 Å². The van der Waals surface area contributed by atoms with E-state index in [4.69, 9.17) is 12.2 Å². The Morgan fingerprint density at radius 3 is 2.45 bits per heavy atom. The molecular weight excluding hydrogens is 334 g/mol. The molecule has 0 spiro atoms. The van der Waals surface area contributed by atoms with Crippen LogP contribution < -0.4 is 0 Å².